The molecule has 1 saturated heterocycles. The van der Waals surface area contributed by atoms with Crippen molar-refractivity contribution in [2.45, 2.75) is 33.2 Å². The van der Waals surface area contributed by atoms with E-state index in [1.165, 1.54) is 47.0 Å². The molecule has 0 radical (unpaired) electrons. The van der Waals surface area contributed by atoms with Crippen molar-refractivity contribution in [1.29, 1.82) is 0 Å². The first-order valence-corrected chi connectivity index (χ1v) is 9.35. The molecule has 3 rings (SSSR count). The van der Waals surface area contributed by atoms with Crippen LogP contribution in [-0.4, -0.2) is 24.0 Å². The molecule has 1 aliphatic rings. The van der Waals surface area contributed by atoms with Crippen molar-refractivity contribution >= 4 is 28.1 Å². The van der Waals surface area contributed by atoms with Gasteiger partial charge in [0.15, 0.2) is 5.13 Å². The van der Waals surface area contributed by atoms with E-state index in [9.17, 15) is 13.6 Å². The minimum absolute atomic E-state index is 0.0222. The highest BCUT2D eigenvalue weighted by Gasteiger charge is 2.24. The monoisotopic (exact) mass is 366 g/mol. The van der Waals surface area contributed by atoms with Crippen LogP contribution in [0.3, 0.4) is 0 Å². The molecular weight excluding hydrogens is 344 g/mol. The van der Waals surface area contributed by atoms with Crippen molar-refractivity contribution in [3.63, 3.8) is 0 Å². The molecule has 1 fully saturated rings. The number of nitrogens with zero attached hydrogens (tertiary/aromatic N) is 2. The van der Waals surface area contributed by atoms with E-state index < -0.39 is 11.6 Å². The Kier molecular flexibility index (Phi) is 5.44. The third-order valence-corrected chi connectivity index (χ3v) is 5.48. The van der Waals surface area contributed by atoms with Crippen LogP contribution in [0.15, 0.2) is 23.6 Å². The smallest absolute Gasteiger partial charge is 0.230 e. The standard InChI is InChI=1S/C18H21F2N3OS/c1-12-5-7-22(8-6-12)10-15-11-25-18(21-15)23(13(2)24)17-4-3-14(19)9-16(17)20/h3-4,9,11-12H,5-8,10H2,1-2H3/p+1. The second-order valence-corrected chi connectivity index (χ2v) is 7.52. The summed E-state index contributed by atoms with van der Waals surface area (Å²) in [7, 11) is 0. The maximum absolute atomic E-state index is 14.1. The molecule has 0 saturated carbocycles. The first kappa shape index (κ1) is 17.9. The maximum atomic E-state index is 14.1. The third-order valence-electron chi connectivity index (χ3n) is 4.61. The van der Waals surface area contributed by atoms with Gasteiger partial charge in [0.05, 0.1) is 18.8 Å². The number of carbonyl (C=O) groups is 1. The number of anilines is 2. The Morgan fingerprint density at radius 2 is 2.08 bits per heavy atom. The average molecular weight is 366 g/mol. The van der Waals surface area contributed by atoms with Gasteiger partial charge in [0.1, 0.15) is 23.9 Å². The molecular formula is C18H22F2N3OS+. The number of halogens is 2. The summed E-state index contributed by atoms with van der Waals surface area (Å²) in [5, 5.41) is 2.33. The molecule has 0 atom stereocenters. The van der Waals surface area contributed by atoms with Gasteiger partial charge in [-0.25, -0.2) is 13.8 Å². The van der Waals surface area contributed by atoms with E-state index >= 15 is 0 Å². The molecule has 1 aliphatic heterocycles. The van der Waals surface area contributed by atoms with Crippen LogP contribution < -0.4 is 9.80 Å². The topological polar surface area (TPSA) is 37.6 Å². The molecule has 4 nitrogen and oxygen atoms in total. The second-order valence-electron chi connectivity index (χ2n) is 6.68. The van der Waals surface area contributed by atoms with Gasteiger partial charge in [-0.2, -0.15) is 0 Å². The number of piperidine rings is 1. The SMILES string of the molecule is CC(=O)N(c1nc(C[NH+]2CCC(C)CC2)cs1)c1ccc(F)cc1F. The zero-order chi connectivity index (χ0) is 18.0. The van der Waals surface area contributed by atoms with Gasteiger partial charge in [-0.15, -0.1) is 11.3 Å². The zero-order valence-electron chi connectivity index (χ0n) is 14.4. The summed E-state index contributed by atoms with van der Waals surface area (Å²) < 4.78 is 27.2. The number of quaternary nitrogens is 1. The Bertz CT molecular complexity index is 757. The summed E-state index contributed by atoms with van der Waals surface area (Å²) in [5.41, 5.74) is 0.923. The van der Waals surface area contributed by atoms with Crippen LogP contribution >= 0.6 is 11.3 Å². The Morgan fingerprint density at radius 3 is 2.72 bits per heavy atom. The highest BCUT2D eigenvalue weighted by atomic mass is 32.1. The van der Waals surface area contributed by atoms with Crippen molar-refractivity contribution in [3.05, 3.63) is 40.9 Å². The largest absolute Gasteiger partial charge is 0.330 e. The normalized spacial score (nSPS) is 20.5. The number of hydrogen-bond acceptors (Lipinski definition) is 3. The van der Waals surface area contributed by atoms with Gasteiger partial charge in [-0.3, -0.25) is 9.69 Å². The Balaban J connectivity index is 1.79. The summed E-state index contributed by atoms with van der Waals surface area (Å²) in [5.74, 6) is -1.02. The van der Waals surface area contributed by atoms with Crippen LogP contribution in [0.2, 0.25) is 0 Å². The van der Waals surface area contributed by atoms with E-state index in [4.69, 9.17) is 0 Å². The molecule has 7 heteroatoms. The third kappa shape index (κ3) is 4.22. The van der Waals surface area contributed by atoms with E-state index in [0.717, 1.165) is 43.4 Å². The highest BCUT2D eigenvalue weighted by molar-refractivity contribution is 7.14. The number of carbonyl (C=O) groups excluding carboxylic acids is 1. The minimum Gasteiger partial charge on any atom is -0.330 e. The Labute approximate surface area is 150 Å². The van der Waals surface area contributed by atoms with E-state index in [1.807, 2.05) is 5.38 Å². The lowest BCUT2D eigenvalue weighted by atomic mass is 9.99. The van der Waals surface area contributed by atoms with Crippen LogP contribution in [0.5, 0.6) is 0 Å². The molecule has 1 aromatic heterocycles. The molecule has 1 aromatic carbocycles. The molecule has 0 bridgehead atoms. The number of likely N-dealkylation sites (tertiary alicyclic amines) is 1. The number of nitrogens with one attached hydrogen (secondary N) is 1. The number of hydrogen-bond donors (Lipinski definition) is 1. The first-order chi connectivity index (χ1) is 11.9. The fraction of sp³-hybridized carbons (Fsp3) is 0.444. The van der Waals surface area contributed by atoms with Crippen LogP contribution in [0.25, 0.3) is 0 Å². The molecule has 0 spiro atoms. The summed E-state index contributed by atoms with van der Waals surface area (Å²) in [6.45, 7) is 6.68. The van der Waals surface area contributed by atoms with E-state index in [2.05, 4.69) is 11.9 Å². The lowest BCUT2D eigenvalue weighted by Crippen LogP contribution is -3.11. The van der Waals surface area contributed by atoms with Crippen molar-refractivity contribution in [3.8, 4) is 0 Å². The predicted octanol–water partition coefficient (Wildman–Crippen LogP) is 2.92. The van der Waals surface area contributed by atoms with Gasteiger partial charge in [-0.05, 0) is 30.9 Å². The average Bonchev–Trinajstić information content (AvgIpc) is 3.00. The maximum Gasteiger partial charge on any atom is 0.230 e. The Morgan fingerprint density at radius 1 is 1.36 bits per heavy atom. The molecule has 2 aromatic rings. The van der Waals surface area contributed by atoms with Crippen molar-refractivity contribution in [2.24, 2.45) is 5.92 Å². The molecule has 25 heavy (non-hydrogen) atoms. The summed E-state index contributed by atoms with van der Waals surface area (Å²) >= 11 is 1.30. The van der Waals surface area contributed by atoms with Crippen molar-refractivity contribution in [1.82, 2.24) is 4.98 Å². The number of thiazole rings is 1. The fourth-order valence-electron chi connectivity index (χ4n) is 3.15. The molecule has 1 N–H and O–H groups in total. The quantitative estimate of drug-likeness (QED) is 0.904. The lowest BCUT2D eigenvalue weighted by Gasteiger charge is -2.26. The van der Waals surface area contributed by atoms with Crippen LogP contribution in [0.4, 0.5) is 19.6 Å². The molecule has 1 amide bonds. The summed E-state index contributed by atoms with van der Waals surface area (Å²) in [6.07, 6.45) is 2.43. The van der Waals surface area contributed by atoms with Gasteiger partial charge in [-0.1, -0.05) is 6.92 Å². The first-order valence-electron chi connectivity index (χ1n) is 8.47. The van der Waals surface area contributed by atoms with Gasteiger partial charge >= 0.3 is 0 Å². The number of aromatic nitrogens is 1. The summed E-state index contributed by atoms with van der Waals surface area (Å²) in [4.78, 5) is 19.3. The number of rotatable bonds is 4. The predicted molar refractivity (Wildman–Crippen MR) is 94.1 cm³/mol. The molecule has 0 unspecified atom stereocenters. The van der Waals surface area contributed by atoms with Crippen LogP contribution in [0, 0.1) is 17.6 Å². The van der Waals surface area contributed by atoms with Crippen LogP contribution in [0.1, 0.15) is 32.4 Å². The van der Waals surface area contributed by atoms with Crippen LogP contribution in [-0.2, 0) is 11.3 Å². The van der Waals surface area contributed by atoms with Gasteiger partial charge in [0.25, 0.3) is 0 Å². The summed E-state index contributed by atoms with van der Waals surface area (Å²) in [6, 6.07) is 3.19. The number of benzene rings is 1. The van der Waals surface area contributed by atoms with E-state index in [1.54, 1.807) is 0 Å². The number of amides is 1. The fourth-order valence-corrected chi connectivity index (χ4v) is 4.03. The molecule has 0 aliphatic carbocycles. The minimum atomic E-state index is -0.775. The van der Waals surface area contributed by atoms with Crippen molar-refractivity contribution < 1.29 is 18.5 Å². The van der Waals surface area contributed by atoms with Crippen molar-refractivity contribution in [2.75, 3.05) is 18.0 Å². The Hall–Kier alpha value is -1.86. The zero-order valence-corrected chi connectivity index (χ0v) is 15.2. The van der Waals surface area contributed by atoms with Gasteiger partial charge in [0.2, 0.25) is 5.91 Å². The van der Waals surface area contributed by atoms with Gasteiger partial charge in [0, 0.05) is 18.4 Å². The molecule has 2 heterocycles. The highest BCUT2D eigenvalue weighted by Crippen LogP contribution is 2.31. The van der Waals surface area contributed by atoms with Gasteiger partial charge < -0.3 is 4.90 Å². The van der Waals surface area contributed by atoms with E-state index in [-0.39, 0.29) is 11.6 Å². The second kappa shape index (κ2) is 7.58. The lowest BCUT2D eigenvalue weighted by molar-refractivity contribution is -0.920. The molecule has 134 valence electrons. The van der Waals surface area contributed by atoms with E-state index in [0.29, 0.717) is 5.13 Å².